The van der Waals surface area contributed by atoms with Gasteiger partial charge in [-0.15, -0.1) is 0 Å². The molecule has 4 rings (SSSR count). The third-order valence-corrected chi connectivity index (χ3v) is 4.85. The van der Waals surface area contributed by atoms with E-state index in [2.05, 4.69) is 19.9 Å². The summed E-state index contributed by atoms with van der Waals surface area (Å²) >= 11 is 0. The van der Waals surface area contributed by atoms with Crippen LogP contribution in [0.5, 0.6) is 0 Å². The highest BCUT2D eigenvalue weighted by molar-refractivity contribution is 5.61. The first-order valence-electron chi connectivity index (χ1n) is 8.80. The summed E-state index contributed by atoms with van der Waals surface area (Å²) in [7, 11) is 0. The van der Waals surface area contributed by atoms with Crippen LogP contribution in [0.25, 0.3) is 11.3 Å². The van der Waals surface area contributed by atoms with Crippen LogP contribution < -0.4 is 4.90 Å². The van der Waals surface area contributed by atoms with Crippen LogP contribution in [-0.4, -0.2) is 41.2 Å². The van der Waals surface area contributed by atoms with Crippen molar-refractivity contribution in [3.8, 4) is 11.3 Å². The van der Waals surface area contributed by atoms with Gasteiger partial charge in [0.2, 0.25) is 0 Å². The number of hydrogen-bond acceptors (Lipinski definition) is 5. The molecule has 3 aromatic rings. The Labute approximate surface area is 152 Å². The molecule has 1 aliphatic rings. The monoisotopic (exact) mass is 352 g/mol. The lowest BCUT2D eigenvalue weighted by atomic mass is 10.1. The van der Waals surface area contributed by atoms with Gasteiger partial charge in [0.05, 0.1) is 0 Å². The summed E-state index contributed by atoms with van der Waals surface area (Å²) in [5, 5.41) is 4.25. The Morgan fingerprint density at radius 2 is 1.81 bits per heavy atom. The van der Waals surface area contributed by atoms with Crippen LogP contribution in [0.3, 0.4) is 0 Å². The van der Waals surface area contributed by atoms with E-state index in [1.54, 1.807) is 12.1 Å². The fourth-order valence-corrected chi connectivity index (χ4v) is 3.27. The van der Waals surface area contributed by atoms with E-state index >= 15 is 0 Å². The zero-order valence-corrected chi connectivity index (χ0v) is 14.7. The first kappa shape index (κ1) is 16.7. The SMILES string of the molecule is Cc1c(CN2CCN(c3ccccn3)CC2)noc1-c1ccc(F)cc1. The molecule has 0 radical (unpaired) electrons. The lowest BCUT2D eigenvalue weighted by Gasteiger charge is -2.35. The quantitative estimate of drug-likeness (QED) is 0.719. The van der Waals surface area contributed by atoms with Gasteiger partial charge in [-0.25, -0.2) is 9.37 Å². The number of nitrogens with zero attached hydrogens (tertiary/aromatic N) is 4. The third-order valence-electron chi connectivity index (χ3n) is 4.85. The van der Waals surface area contributed by atoms with E-state index in [0.29, 0.717) is 5.76 Å². The minimum Gasteiger partial charge on any atom is -0.356 e. The Morgan fingerprint density at radius 3 is 2.50 bits per heavy atom. The second kappa shape index (κ2) is 7.25. The standard InChI is InChI=1S/C20H21FN4O/c1-15-18(23-26-20(15)16-5-7-17(21)8-6-16)14-24-10-12-25(13-11-24)19-4-2-3-9-22-19/h2-9H,10-14H2,1H3. The summed E-state index contributed by atoms with van der Waals surface area (Å²) in [5.74, 6) is 1.49. The van der Waals surface area contributed by atoms with Gasteiger partial charge in [-0.2, -0.15) is 0 Å². The van der Waals surface area contributed by atoms with Crippen molar-refractivity contribution in [3.05, 3.63) is 65.7 Å². The first-order valence-corrected chi connectivity index (χ1v) is 8.80. The van der Waals surface area contributed by atoms with Crippen molar-refractivity contribution < 1.29 is 8.91 Å². The normalized spacial score (nSPS) is 15.4. The van der Waals surface area contributed by atoms with Crippen molar-refractivity contribution in [2.45, 2.75) is 13.5 Å². The summed E-state index contributed by atoms with van der Waals surface area (Å²) < 4.78 is 18.6. The molecule has 0 aliphatic carbocycles. The van der Waals surface area contributed by atoms with Gasteiger partial charge in [-0.3, -0.25) is 4.90 Å². The zero-order chi connectivity index (χ0) is 17.9. The summed E-state index contributed by atoms with van der Waals surface area (Å²) in [5.41, 5.74) is 2.81. The molecule has 1 aromatic carbocycles. The first-order chi connectivity index (χ1) is 12.7. The fourth-order valence-electron chi connectivity index (χ4n) is 3.27. The summed E-state index contributed by atoms with van der Waals surface area (Å²) in [6.45, 7) is 6.56. The molecule has 0 unspecified atom stereocenters. The molecule has 26 heavy (non-hydrogen) atoms. The number of hydrogen-bond donors (Lipinski definition) is 0. The predicted molar refractivity (Wildman–Crippen MR) is 98.4 cm³/mol. The van der Waals surface area contributed by atoms with Crippen LogP contribution in [0.1, 0.15) is 11.3 Å². The number of aromatic nitrogens is 2. The average Bonchev–Trinajstić information content (AvgIpc) is 3.04. The number of anilines is 1. The van der Waals surface area contributed by atoms with E-state index in [9.17, 15) is 4.39 Å². The average molecular weight is 352 g/mol. The number of rotatable bonds is 4. The van der Waals surface area contributed by atoms with Crippen LogP contribution in [0.4, 0.5) is 10.2 Å². The zero-order valence-electron chi connectivity index (χ0n) is 14.7. The fraction of sp³-hybridized carbons (Fsp3) is 0.300. The Bertz CT molecular complexity index is 855. The molecule has 0 saturated carbocycles. The summed E-state index contributed by atoms with van der Waals surface area (Å²) in [6.07, 6.45) is 1.83. The molecule has 0 amide bonds. The van der Waals surface area contributed by atoms with Gasteiger partial charge < -0.3 is 9.42 Å². The van der Waals surface area contributed by atoms with Crippen LogP contribution >= 0.6 is 0 Å². The van der Waals surface area contributed by atoms with Crippen molar-refractivity contribution >= 4 is 5.82 Å². The molecule has 0 spiro atoms. The van der Waals surface area contributed by atoms with Crippen LogP contribution in [-0.2, 0) is 6.54 Å². The maximum absolute atomic E-state index is 13.1. The van der Waals surface area contributed by atoms with Gasteiger partial charge in [0, 0.05) is 50.0 Å². The molecular formula is C20H21FN4O. The van der Waals surface area contributed by atoms with Gasteiger partial charge in [0.15, 0.2) is 5.76 Å². The highest BCUT2D eigenvalue weighted by atomic mass is 19.1. The lowest BCUT2D eigenvalue weighted by molar-refractivity contribution is 0.241. The van der Waals surface area contributed by atoms with E-state index in [4.69, 9.17) is 4.52 Å². The summed E-state index contributed by atoms with van der Waals surface area (Å²) in [4.78, 5) is 9.10. The van der Waals surface area contributed by atoms with Crippen molar-refractivity contribution in [1.29, 1.82) is 0 Å². The molecule has 0 bridgehead atoms. The molecule has 3 heterocycles. The van der Waals surface area contributed by atoms with E-state index in [-0.39, 0.29) is 5.82 Å². The number of halogens is 1. The van der Waals surface area contributed by atoms with E-state index in [0.717, 1.165) is 55.4 Å². The second-order valence-electron chi connectivity index (χ2n) is 6.54. The van der Waals surface area contributed by atoms with Crippen LogP contribution in [0.2, 0.25) is 0 Å². The Hall–Kier alpha value is -2.73. The molecule has 134 valence electrons. The van der Waals surface area contributed by atoms with Gasteiger partial charge in [-0.05, 0) is 43.3 Å². The molecule has 5 nitrogen and oxygen atoms in total. The highest BCUT2D eigenvalue weighted by Gasteiger charge is 2.21. The van der Waals surface area contributed by atoms with Crippen molar-refractivity contribution in [1.82, 2.24) is 15.0 Å². The lowest BCUT2D eigenvalue weighted by Crippen LogP contribution is -2.46. The van der Waals surface area contributed by atoms with Crippen molar-refractivity contribution in [2.75, 3.05) is 31.1 Å². The molecular weight excluding hydrogens is 331 g/mol. The molecule has 0 N–H and O–H groups in total. The molecule has 1 fully saturated rings. The van der Waals surface area contributed by atoms with Gasteiger partial charge in [0.25, 0.3) is 0 Å². The topological polar surface area (TPSA) is 45.4 Å². The minimum atomic E-state index is -0.253. The van der Waals surface area contributed by atoms with Crippen molar-refractivity contribution in [2.24, 2.45) is 0 Å². The minimum absolute atomic E-state index is 0.253. The molecule has 2 aromatic heterocycles. The molecule has 1 saturated heterocycles. The largest absolute Gasteiger partial charge is 0.356 e. The number of piperazine rings is 1. The van der Waals surface area contributed by atoms with E-state index in [1.807, 2.05) is 31.3 Å². The smallest absolute Gasteiger partial charge is 0.170 e. The third kappa shape index (κ3) is 3.46. The summed E-state index contributed by atoms with van der Waals surface area (Å²) in [6, 6.07) is 12.3. The predicted octanol–water partition coefficient (Wildman–Crippen LogP) is 3.51. The molecule has 6 heteroatoms. The Balaban J connectivity index is 1.40. The second-order valence-corrected chi connectivity index (χ2v) is 6.54. The molecule has 1 aliphatic heterocycles. The van der Waals surface area contributed by atoms with Gasteiger partial charge >= 0.3 is 0 Å². The number of pyridine rings is 1. The van der Waals surface area contributed by atoms with Crippen LogP contribution in [0, 0.1) is 12.7 Å². The Morgan fingerprint density at radius 1 is 1.04 bits per heavy atom. The molecule has 0 atom stereocenters. The van der Waals surface area contributed by atoms with Crippen molar-refractivity contribution in [3.63, 3.8) is 0 Å². The highest BCUT2D eigenvalue weighted by Crippen LogP contribution is 2.27. The Kier molecular flexibility index (Phi) is 4.67. The van der Waals surface area contributed by atoms with Gasteiger partial charge in [0.1, 0.15) is 17.3 Å². The number of benzene rings is 1. The van der Waals surface area contributed by atoms with Gasteiger partial charge in [-0.1, -0.05) is 11.2 Å². The maximum Gasteiger partial charge on any atom is 0.170 e. The van der Waals surface area contributed by atoms with Crippen LogP contribution in [0.15, 0.2) is 53.2 Å². The van der Waals surface area contributed by atoms with E-state index < -0.39 is 0 Å². The van der Waals surface area contributed by atoms with E-state index in [1.165, 1.54) is 12.1 Å². The maximum atomic E-state index is 13.1.